The normalized spacial score (nSPS) is 10.2. The Hall–Kier alpha value is -1.81. The third-order valence-corrected chi connectivity index (χ3v) is 3.31. The van der Waals surface area contributed by atoms with Crippen molar-refractivity contribution < 1.29 is 4.21 Å². The van der Waals surface area contributed by atoms with E-state index in [1.807, 2.05) is 37.3 Å². The lowest BCUT2D eigenvalue weighted by Gasteiger charge is -2.13. The van der Waals surface area contributed by atoms with Gasteiger partial charge in [-0.2, -0.15) is 0 Å². The van der Waals surface area contributed by atoms with Gasteiger partial charge in [-0.3, -0.25) is 0 Å². The predicted molar refractivity (Wildman–Crippen MR) is 68.6 cm³/mol. The van der Waals surface area contributed by atoms with Crippen molar-refractivity contribution in [3.8, 4) is 0 Å². The summed E-state index contributed by atoms with van der Waals surface area (Å²) in [6.07, 6.45) is 1.96. The van der Waals surface area contributed by atoms with E-state index in [9.17, 15) is 9.42 Å². The zero-order valence-corrected chi connectivity index (χ0v) is 10.2. The van der Waals surface area contributed by atoms with Gasteiger partial charge in [0.25, 0.3) is 0 Å². The van der Waals surface area contributed by atoms with Crippen molar-refractivity contribution in [3.63, 3.8) is 0 Å². The Labute approximate surface area is 103 Å². The summed E-state index contributed by atoms with van der Waals surface area (Å²) >= 11 is 0.248. The molecule has 0 bridgehead atoms. The molecule has 4 heteroatoms. The van der Waals surface area contributed by atoms with E-state index in [1.54, 1.807) is 6.07 Å². The summed E-state index contributed by atoms with van der Waals surface area (Å²) in [6, 6.07) is 11.5. The lowest BCUT2D eigenvalue weighted by molar-refractivity contribution is 0.698. The van der Waals surface area contributed by atoms with Gasteiger partial charge in [0, 0.05) is 6.42 Å². The summed E-state index contributed by atoms with van der Waals surface area (Å²) < 4.78 is 11.8. The highest BCUT2D eigenvalue weighted by atomic mass is 32.1. The molecular weight excluding hydrogens is 234 g/mol. The van der Waals surface area contributed by atoms with E-state index in [0.29, 0.717) is 11.2 Å². The Bertz CT molecular complexity index is 627. The summed E-state index contributed by atoms with van der Waals surface area (Å²) in [5.41, 5.74) is 3.07. The molecule has 0 aliphatic rings. The van der Waals surface area contributed by atoms with Gasteiger partial charge in [0.2, 0.25) is 0 Å². The van der Waals surface area contributed by atoms with Crippen LogP contribution in [0.5, 0.6) is 0 Å². The van der Waals surface area contributed by atoms with Crippen molar-refractivity contribution in [3.05, 3.63) is 69.1 Å². The second-order valence-electron chi connectivity index (χ2n) is 3.85. The summed E-state index contributed by atoms with van der Waals surface area (Å²) in [4.78, 5) is 0. The van der Waals surface area contributed by atoms with Crippen molar-refractivity contribution in [1.29, 1.82) is 0 Å². The standard InChI is InChI=1S/C13H12NO2S/c1-10-5-2-3-6-11(10)9-12-7-4-8-14(15)13(12)17-16/h2-8H,9H2,1H3/q-1. The number of pyridine rings is 1. The molecular formula is C13H12NO2S-. The Balaban J connectivity index is 2.48. The smallest absolute Gasteiger partial charge is 0.135 e. The predicted octanol–water partition coefficient (Wildman–Crippen LogP) is 2.48. The monoisotopic (exact) mass is 246 g/mol. The molecule has 1 aromatic heterocycles. The number of aryl methyl sites for hydroxylation is 1. The maximum Gasteiger partial charge on any atom is 0.135 e. The maximum absolute atomic E-state index is 11.4. The topological polar surface area (TPSA) is 45.1 Å². The van der Waals surface area contributed by atoms with E-state index in [0.717, 1.165) is 16.7 Å². The molecule has 0 radical (unpaired) electrons. The van der Waals surface area contributed by atoms with E-state index < -0.39 is 0 Å². The number of hydrogen-bond acceptors (Lipinski definition) is 2. The number of benzene rings is 1. The average molecular weight is 246 g/mol. The summed E-state index contributed by atoms with van der Waals surface area (Å²) in [6.45, 7) is 2.02. The minimum atomic E-state index is 0.232. The van der Waals surface area contributed by atoms with Crippen LogP contribution in [-0.2, 0) is 17.7 Å². The van der Waals surface area contributed by atoms with Crippen molar-refractivity contribution >= 4 is 11.3 Å². The second kappa shape index (κ2) is 5.01. The molecule has 0 unspecified atom stereocenters. The van der Waals surface area contributed by atoms with Gasteiger partial charge < -0.3 is 9.94 Å². The largest absolute Gasteiger partial charge is 0.805 e. The molecule has 2 rings (SSSR count). The maximum atomic E-state index is 11.4. The number of hydrogen-bond donors (Lipinski definition) is 0. The molecule has 1 heterocycles. The van der Waals surface area contributed by atoms with Gasteiger partial charge in [-0.05, 0) is 35.9 Å². The molecule has 88 valence electrons. The first kappa shape index (κ1) is 11.7. The van der Waals surface area contributed by atoms with Gasteiger partial charge >= 0.3 is 0 Å². The van der Waals surface area contributed by atoms with E-state index >= 15 is 0 Å². The summed E-state index contributed by atoms with van der Waals surface area (Å²) in [5, 5.41) is 11.4. The van der Waals surface area contributed by atoms with Crippen molar-refractivity contribution in [1.82, 2.24) is 4.73 Å². The fourth-order valence-corrected chi connectivity index (χ4v) is 2.14. The fourth-order valence-electron chi connectivity index (χ4n) is 1.76. The lowest BCUT2D eigenvalue weighted by Crippen LogP contribution is -1.99. The first-order valence-electron chi connectivity index (χ1n) is 5.27. The SMILES string of the molecule is Cc1ccccc1Cc1cccn([O-])c1=S=O. The summed E-state index contributed by atoms with van der Waals surface area (Å²) in [7, 11) is 0. The van der Waals surface area contributed by atoms with E-state index in [2.05, 4.69) is 0 Å². The van der Waals surface area contributed by atoms with Crippen LogP contribution >= 0.6 is 0 Å². The van der Waals surface area contributed by atoms with Crippen LogP contribution in [0.2, 0.25) is 0 Å². The third-order valence-electron chi connectivity index (χ3n) is 2.71. The number of nitrogens with zero attached hydrogens (tertiary/aromatic N) is 1. The molecule has 2 aromatic rings. The van der Waals surface area contributed by atoms with E-state index in [4.69, 9.17) is 0 Å². The minimum absolute atomic E-state index is 0.232. The van der Waals surface area contributed by atoms with Gasteiger partial charge in [-0.25, -0.2) is 4.21 Å². The Morgan fingerprint density at radius 3 is 2.59 bits per heavy atom. The Morgan fingerprint density at radius 2 is 1.88 bits per heavy atom. The van der Waals surface area contributed by atoms with E-state index in [1.165, 1.54) is 6.20 Å². The lowest BCUT2D eigenvalue weighted by atomic mass is 10.0. The van der Waals surface area contributed by atoms with Crippen molar-refractivity contribution in [2.75, 3.05) is 0 Å². The third kappa shape index (κ3) is 2.47. The van der Waals surface area contributed by atoms with Crippen LogP contribution in [0.25, 0.3) is 0 Å². The van der Waals surface area contributed by atoms with Crippen LogP contribution in [0.1, 0.15) is 16.7 Å². The van der Waals surface area contributed by atoms with Gasteiger partial charge in [-0.1, -0.05) is 30.3 Å². The first-order chi connectivity index (χ1) is 8.22. The molecule has 0 spiro atoms. The van der Waals surface area contributed by atoms with Crippen molar-refractivity contribution in [2.45, 2.75) is 13.3 Å². The average Bonchev–Trinajstić information content (AvgIpc) is 2.32. The van der Waals surface area contributed by atoms with Crippen LogP contribution in [0.4, 0.5) is 0 Å². The number of rotatable bonds is 2. The van der Waals surface area contributed by atoms with Gasteiger partial charge in [-0.15, -0.1) is 0 Å². The van der Waals surface area contributed by atoms with Crippen LogP contribution in [-0.4, -0.2) is 8.94 Å². The highest BCUT2D eigenvalue weighted by Crippen LogP contribution is 2.13. The molecule has 0 fully saturated rings. The zero-order chi connectivity index (χ0) is 12.3. The molecule has 0 amide bonds. The van der Waals surface area contributed by atoms with E-state index in [-0.39, 0.29) is 15.9 Å². The fraction of sp³-hybridized carbons (Fsp3) is 0.154. The van der Waals surface area contributed by atoms with Gasteiger partial charge in [0.05, 0.1) is 0 Å². The highest BCUT2D eigenvalue weighted by Gasteiger charge is 2.01. The summed E-state index contributed by atoms with van der Waals surface area (Å²) in [5.74, 6) is 0. The molecule has 0 aliphatic carbocycles. The first-order valence-corrected chi connectivity index (χ1v) is 6.02. The molecule has 0 aliphatic heterocycles. The zero-order valence-electron chi connectivity index (χ0n) is 9.42. The second-order valence-corrected chi connectivity index (χ2v) is 4.40. The molecule has 0 saturated heterocycles. The minimum Gasteiger partial charge on any atom is -0.805 e. The molecule has 0 saturated carbocycles. The Morgan fingerprint density at radius 1 is 1.18 bits per heavy atom. The van der Waals surface area contributed by atoms with Gasteiger partial charge in [0.15, 0.2) is 0 Å². The van der Waals surface area contributed by atoms with Crippen LogP contribution in [0, 0.1) is 16.8 Å². The van der Waals surface area contributed by atoms with Gasteiger partial charge in [0.1, 0.15) is 15.9 Å². The quantitative estimate of drug-likeness (QED) is 0.764. The molecule has 3 nitrogen and oxygen atoms in total. The van der Waals surface area contributed by atoms with Crippen molar-refractivity contribution in [2.24, 2.45) is 0 Å². The van der Waals surface area contributed by atoms with Crippen LogP contribution < -0.4 is 0 Å². The van der Waals surface area contributed by atoms with Crippen LogP contribution in [0.3, 0.4) is 0 Å². The van der Waals surface area contributed by atoms with Crippen LogP contribution in [0.15, 0.2) is 42.6 Å². The molecule has 0 N–H and O–H groups in total. The Kier molecular flexibility index (Phi) is 3.44. The molecule has 17 heavy (non-hydrogen) atoms. The molecule has 1 aromatic carbocycles. The number of aromatic nitrogens is 1. The highest BCUT2D eigenvalue weighted by molar-refractivity contribution is 7.56. The molecule has 0 atom stereocenters.